The summed E-state index contributed by atoms with van der Waals surface area (Å²) in [6, 6.07) is 4.44. The first-order valence-corrected chi connectivity index (χ1v) is 6.19. The third-order valence-electron chi connectivity index (χ3n) is 2.18. The predicted octanol–water partition coefficient (Wildman–Crippen LogP) is 1.92. The minimum Gasteiger partial charge on any atom is -0.355 e. The molecule has 84 valence electrons. The highest BCUT2D eigenvalue weighted by Crippen LogP contribution is 2.21. The Morgan fingerprint density at radius 2 is 2.33 bits per heavy atom. The number of carbonyl (C=O) groups excluding carboxylic acids is 1. The molecule has 1 amide bonds. The van der Waals surface area contributed by atoms with Crippen LogP contribution in [0, 0.1) is 0 Å². The van der Waals surface area contributed by atoms with Gasteiger partial charge in [0.15, 0.2) is 0 Å². The molecule has 0 bridgehead atoms. The lowest BCUT2D eigenvalue weighted by molar-refractivity contribution is -0.120. The van der Waals surface area contributed by atoms with Gasteiger partial charge in [-0.05, 0) is 24.8 Å². The fraction of sp³-hybridized carbons (Fsp3) is 0.545. The Hall–Kier alpha value is -0.870. The Morgan fingerprint density at radius 1 is 1.53 bits per heavy atom. The van der Waals surface area contributed by atoms with Gasteiger partial charge >= 0.3 is 0 Å². The summed E-state index contributed by atoms with van der Waals surface area (Å²) in [4.78, 5) is 12.6. The zero-order chi connectivity index (χ0) is 11.1. The number of rotatable bonds is 6. The van der Waals surface area contributed by atoms with E-state index in [2.05, 4.69) is 29.0 Å². The second kappa shape index (κ2) is 6.58. The Balaban J connectivity index is 2.38. The third-order valence-corrected chi connectivity index (χ3v) is 3.16. The molecule has 0 aromatic carbocycles. The number of carbonyl (C=O) groups is 1. The van der Waals surface area contributed by atoms with Crippen molar-refractivity contribution >= 4 is 17.2 Å². The molecule has 1 heterocycles. The van der Waals surface area contributed by atoms with Gasteiger partial charge in [0.2, 0.25) is 5.91 Å². The van der Waals surface area contributed by atoms with Crippen LogP contribution < -0.4 is 10.6 Å². The molecule has 0 aliphatic carbocycles. The first-order valence-electron chi connectivity index (χ1n) is 5.31. The van der Waals surface area contributed by atoms with Crippen molar-refractivity contribution in [3.63, 3.8) is 0 Å². The molecule has 1 atom stereocenters. The maximum atomic E-state index is 11.3. The lowest BCUT2D eigenvalue weighted by Crippen LogP contribution is -2.35. The lowest BCUT2D eigenvalue weighted by Gasteiger charge is -2.14. The van der Waals surface area contributed by atoms with Gasteiger partial charge in [-0.15, -0.1) is 11.3 Å². The largest absolute Gasteiger partial charge is 0.355 e. The maximum Gasteiger partial charge on any atom is 0.233 e. The SMILES string of the molecule is CCNC(=O)CNC(CC)c1cccs1. The first-order chi connectivity index (χ1) is 7.27. The summed E-state index contributed by atoms with van der Waals surface area (Å²) in [6.45, 7) is 5.13. The smallest absolute Gasteiger partial charge is 0.233 e. The van der Waals surface area contributed by atoms with Crippen molar-refractivity contribution in [2.24, 2.45) is 0 Å². The summed E-state index contributed by atoms with van der Waals surface area (Å²) >= 11 is 1.73. The Labute approximate surface area is 94.9 Å². The highest BCUT2D eigenvalue weighted by Gasteiger charge is 2.10. The lowest BCUT2D eigenvalue weighted by atomic mass is 10.2. The van der Waals surface area contributed by atoms with E-state index < -0.39 is 0 Å². The van der Waals surface area contributed by atoms with Gasteiger partial charge in [-0.2, -0.15) is 0 Å². The Morgan fingerprint density at radius 3 is 2.87 bits per heavy atom. The molecule has 2 N–H and O–H groups in total. The summed E-state index contributed by atoms with van der Waals surface area (Å²) < 4.78 is 0. The molecule has 0 aliphatic heterocycles. The summed E-state index contributed by atoms with van der Waals surface area (Å²) in [7, 11) is 0. The molecule has 0 saturated carbocycles. The second-order valence-corrected chi connectivity index (χ2v) is 4.29. The minimum atomic E-state index is 0.0625. The van der Waals surface area contributed by atoms with Crippen molar-refractivity contribution < 1.29 is 4.79 Å². The van der Waals surface area contributed by atoms with Crippen molar-refractivity contribution in [1.82, 2.24) is 10.6 Å². The van der Waals surface area contributed by atoms with Crippen LogP contribution in [0.25, 0.3) is 0 Å². The number of thiophene rings is 1. The van der Waals surface area contributed by atoms with Crippen LogP contribution in [0.4, 0.5) is 0 Å². The first kappa shape index (κ1) is 12.2. The molecule has 15 heavy (non-hydrogen) atoms. The van der Waals surface area contributed by atoms with E-state index in [9.17, 15) is 4.79 Å². The molecular weight excluding hydrogens is 208 g/mol. The number of likely N-dealkylation sites (N-methyl/N-ethyl adjacent to an activating group) is 1. The topological polar surface area (TPSA) is 41.1 Å². The van der Waals surface area contributed by atoms with E-state index in [1.54, 1.807) is 11.3 Å². The van der Waals surface area contributed by atoms with Gasteiger partial charge < -0.3 is 10.6 Å². The van der Waals surface area contributed by atoms with E-state index in [1.165, 1.54) is 4.88 Å². The molecule has 4 heteroatoms. The van der Waals surface area contributed by atoms with Crippen LogP contribution in [-0.4, -0.2) is 19.0 Å². The van der Waals surface area contributed by atoms with Gasteiger partial charge in [0.1, 0.15) is 0 Å². The highest BCUT2D eigenvalue weighted by atomic mass is 32.1. The quantitative estimate of drug-likeness (QED) is 0.778. The van der Waals surface area contributed by atoms with Crippen LogP contribution in [0.3, 0.4) is 0 Å². The van der Waals surface area contributed by atoms with E-state index in [4.69, 9.17) is 0 Å². The minimum absolute atomic E-state index is 0.0625. The van der Waals surface area contributed by atoms with Crippen LogP contribution in [0.2, 0.25) is 0 Å². The molecule has 0 radical (unpaired) electrons. The summed E-state index contributed by atoms with van der Waals surface area (Å²) in [5, 5.41) is 8.09. The molecule has 0 aliphatic rings. The van der Waals surface area contributed by atoms with Crippen LogP contribution in [-0.2, 0) is 4.79 Å². The molecular formula is C11H18N2OS. The van der Waals surface area contributed by atoms with Crippen molar-refractivity contribution in [2.75, 3.05) is 13.1 Å². The van der Waals surface area contributed by atoms with Crippen molar-refractivity contribution in [3.8, 4) is 0 Å². The average molecular weight is 226 g/mol. The van der Waals surface area contributed by atoms with Crippen molar-refractivity contribution in [1.29, 1.82) is 0 Å². The highest BCUT2D eigenvalue weighted by molar-refractivity contribution is 7.10. The van der Waals surface area contributed by atoms with Gasteiger partial charge in [-0.1, -0.05) is 13.0 Å². The summed E-state index contributed by atoms with van der Waals surface area (Å²) in [5.74, 6) is 0.0625. The predicted molar refractivity (Wildman–Crippen MR) is 64.0 cm³/mol. The summed E-state index contributed by atoms with van der Waals surface area (Å²) in [6.07, 6.45) is 1.000. The van der Waals surface area contributed by atoms with E-state index in [-0.39, 0.29) is 5.91 Å². The zero-order valence-corrected chi connectivity index (χ0v) is 10.1. The van der Waals surface area contributed by atoms with Crippen molar-refractivity contribution in [2.45, 2.75) is 26.3 Å². The average Bonchev–Trinajstić information content (AvgIpc) is 2.72. The standard InChI is InChI=1S/C11H18N2OS/c1-3-9(10-6-5-7-15-10)13-8-11(14)12-4-2/h5-7,9,13H,3-4,8H2,1-2H3,(H,12,14). The fourth-order valence-electron chi connectivity index (χ4n) is 1.41. The molecule has 1 aromatic rings. The molecule has 1 unspecified atom stereocenters. The molecule has 1 aromatic heterocycles. The number of hydrogen-bond acceptors (Lipinski definition) is 3. The van der Waals surface area contributed by atoms with Crippen LogP contribution in [0.5, 0.6) is 0 Å². The number of amides is 1. The number of hydrogen-bond donors (Lipinski definition) is 2. The van der Waals surface area contributed by atoms with Gasteiger partial charge in [0, 0.05) is 17.5 Å². The number of nitrogens with one attached hydrogen (secondary N) is 2. The molecule has 3 nitrogen and oxygen atoms in total. The maximum absolute atomic E-state index is 11.3. The van der Waals surface area contributed by atoms with E-state index in [1.807, 2.05) is 13.0 Å². The van der Waals surface area contributed by atoms with E-state index in [0.29, 0.717) is 19.1 Å². The Kier molecular flexibility index (Phi) is 5.36. The third kappa shape index (κ3) is 4.01. The van der Waals surface area contributed by atoms with Crippen LogP contribution in [0.1, 0.15) is 31.2 Å². The van der Waals surface area contributed by atoms with Crippen molar-refractivity contribution in [3.05, 3.63) is 22.4 Å². The molecule has 0 fully saturated rings. The van der Waals surface area contributed by atoms with Gasteiger partial charge in [-0.3, -0.25) is 4.79 Å². The zero-order valence-electron chi connectivity index (χ0n) is 9.25. The second-order valence-electron chi connectivity index (χ2n) is 3.31. The van der Waals surface area contributed by atoms with Crippen LogP contribution >= 0.6 is 11.3 Å². The molecule has 0 saturated heterocycles. The fourth-order valence-corrected chi connectivity index (χ4v) is 2.30. The van der Waals surface area contributed by atoms with E-state index >= 15 is 0 Å². The van der Waals surface area contributed by atoms with Gasteiger partial charge in [-0.25, -0.2) is 0 Å². The monoisotopic (exact) mass is 226 g/mol. The van der Waals surface area contributed by atoms with Gasteiger partial charge in [0.05, 0.1) is 6.54 Å². The van der Waals surface area contributed by atoms with E-state index in [0.717, 1.165) is 6.42 Å². The molecule has 0 spiro atoms. The normalized spacial score (nSPS) is 12.4. The Bertz CT molecular complexity index is 285. The van der Waals surface area contributed by atoms with Crippen LogP contribution in [0.15, 0.2) is 17.5 Å². The summed E-state index contributed by atoms with van der Waals surface area (Å²) in [5.41, 5.74) is 0. The molecule has 1 rings (SSSR count). The van der Waals surface area contributed by atoms with Gasteiger partial charge in [0.25, 0.3) is 0 Å².